The molecule has 0 spiro atoms. The monoisotopic (exact) mass is 240 g/mol. The predicted octanol–water partition coefficient (Wildman–Crippen LogP) is 2.41. The fraction of sp³-hybridized carbons (Fsp3) is 0.364. The standard InChI is InChI=1S/C11H12O4S/c1-14-8-2-3-10-7(4-8)5-9(6-16-10)15-11(12)13/h2-4,9H,5-6H2,1H3,(H,12,13). The second-order valence-electron chi connectivity index (χ2n) is 3.49. The van der Waals surface area contributed by atoms with Gasteiger partial charge in [0.05, 0.1) is 7.11 Å². The molecule has 1 aliphatic rings. The number of thioether (sulfide) groups is 1. The maximum atomic E-state index is 10.4. The van der Waals surface area contributed by atoms with E-state index in [1.54, 1.807) is 18.9 Å². The third-order valence-corrected chi connectivity index (χ3v) is 3.66. The average Bonchev–Trinajstić information content (AvgIpc) is 2.27. The van der Waals surface area contributed by atoms with Crippen LogP contribution in [-0.4, -0.2) is 30.2 Å². The Hall–Kier alpha value is -1.36. The highest BCUT2D eigenvalue weighted by molar-refractivity contribution is 7.99. The lowest BCUT2D eigenvalue weighted by Crippen LogP contribution is -2.25. The Labute approximate surface area is 97.6 Å². The van der Waals surface area contributed by atoms with Gasteiger partial charge in [0.15, 0.2) is 0 Å². The van der Waals surface area contributed by atoms with Crippen molar-refractivity contribution in [3.63, 3.8) is 0 Å². The summed E-state index contributed by atoms with van der Waals surface area (Å²) in [5.74, 6) is 1.46. The van der Waals surface area contributed by atoms with Gasteiger partial charge in [0.2, 0.25) is 0 Å². The Morgan fingerprint density at radius 1 is 1.56 bits per heavy atom. The molecule has 1 N–H and O–H groups in total. The zero-order chi connectivity index (χ0) is 11.5. The molecular weight excluding hydrogens is 228 g/mol. The summed E-state index contributed by atoms with van der Waals surface area (Å²) in [5, 5.41) is 8.56. The van der Waals surface area contributed by atoms with Crippen molar-refractivity contribution in [2.45, 2.75) is 17.4 Å². The molecule has 4 nitrogen and oxygen atoms in total. The highest BCUT2D eigenvalue weighted by Crippen LogP contribution is 2.33. The fourth-order valence-corrected chi connectivity index (χ4v) is 2.73. The Morgan fingerprint density at radius 3 is 3.06 bits per heavy atom. The van der Waals surface area contributed by atoms with E-state index < -0.39 is 6.16 Å². The van der Waals surface area contributed by atoms with Gasteiger partial charge in [0.25, 0.3) is 0 Å². The number of fused-ring (bicyclic) bond motifs is 1. The molecule has 1 aromatic rings. The summed E-state index contributed by atoms with van der Waals surface area (Å²) in [6.07, 6.45) is -0.856. The first-order valence-corrected chi connectivity index (χ1v) is 5.87. The van der Waals surface area contributed by atoms with Crippen LogP contribution in [0.4, 0.5) is 4.79 Å². The summed E-state index contributed by atoms with van der Waals surface area (Å²) in [6.45, 7) is 0. The van der Waals surface area contributed by atoms with E-state index in [1.807, 2.05) is 18.2 Å². The second-order valence-corrected chi connectivity index (χ2v) is 4.56. The van der Waals surface area contributed by atoms with Crippen LogP contribution in [0.3, 0.4) is 0 Å². The third-order valence-electron chi connectivity index (χ3n) is 2.41. The minimum absolute atomic E-state index is 0.262. The summed E-state index contributed by atoms with van der Waals surface area (Å²) >= 11 is 1.61. The molecule has 1 unspecified atom stereocenters. The van der Waals surface area contributed by atoms with Gasteiger partial charge in [0.1, 0.15) is 11.9 Å². The first-order chi connectivity index (χ1) is 7.69. The van der Waals surface area contributed by atoms with Gasteiger partial charge in [-0.3, -0.25) is 0 Å². The molecule has 2 rings (SSSR count). The zero-order valence-electron chi connectivity index (χ0n) is 8.80. The van der Waals surface area contributed by atoms with Crippen molar-refractivity contribution >= 4 is 17.9 Å². The molecule has 1 atom stereocenters. The molecule has 16 heavy (non-hydrogen) atoms. The van der Waals surface area contributed by atoms with Crippen LogP contribution >= 0.6 is 11.8 Å². The van der Waals surface area contributed by atoms with Crippen LogP contribution in [0, 0.1) is 0 Å². The lowest BCUT2D eigenvalue weighted by molar-refractivity contribution is 0.0602. The second kappa shape index (κ2) is 4.65. The molecule has 1 aliphatic heterocycles. The summed E-state index contributed by atoms with van der Waals surface area (Å²) in [4.78, 5) is 11.6. The maximum Gasteiger partial charge on any atom is 0.506 e. The number of ether oxygens (including phenoxy) is 2. The van der Waals surface area contributed by atoms with Crippen LogP contribution < -0.4 is 4.74 Å². The highest BCUT2D eigenvalue weighted by Gasteiger charge is 2.22. The van der Waals surface area contributed by atoms with Crippen LogP contribution in [0.1, 0.15) is 5.56 Å². The van der Waals surface area contributed by atoms with Crippen LogP contribution in [0.25, 0.3) is 0 Å². The van der Waals surface area contributed by atoms with Crippen molar-refractivity contribution < 1.29 is 19.4 Å². The lowest BCUT2D eigenvalue weighted by atomic mass is 10.1. The zero-order valence-corrected chi connectivity index (χ0v) is 9.62. The minimum Gasteiger partial charge on any atom is -0.497 e. The van der Waals surface area contributed by atoms with Gasteiger partial charge in [-0.05, 0) is 23.8 Å². The quantitative estimate of drug-likeness (QED) is 0.804. The van der Waals surface area contributed by atoms with Gasteiger partial charge in [-0.1, -0.05) is 0 Å². The van der Waals surface area contributed by atoms with Crippen molar-refractivity contribution in [1.82, 2.24) is 0 Å². The van der Waals surface area contributed by atoms with Crippen molar-refractivity contribution in [2.75, 3.05) is 12.9 Å². The van der Waals surface area contributed by atoms with Crippen molar-refractivity contribution in [1.29, 1.82) is 0 Å². The van der Waals surface area contributed by atoms with Crippen molar-refractivity contribution in [3.8, 4) is 5.75 Å². The SMILES string of the molecule is COc1ccc2c(c1)CC(OC(=O)O)CS2. The highest BCUT2D eigenvalue weighted by atomic mass is 32.2. The summed E-state index contributed by atoms with van der Waals surface area (Å²) < 4.78 is 9.91. The molecule has 0 fully saturated rings. The van der Waals surface area contributed by atoms with Gasteiger partial charge >= 0.3 is 6.16 Å². The molecule has 5 heteroatoms. The largest absolute Gasteiger partial charge is 0.506 e. The molecule has 86 valence electrons. The summed E-state index contributed by atoms with van der Waals surface area (Å²) in [5.41, 5.74) is 1.09. The Morgan fingerprint density at radius 2 is 2.38 bits per heavy atom. The van der Waals surface area contributed by atoms with E-state index in [2.05, 4.69) is 0 Å². The van der Waals surface area contributed by atoms with E-state index >= 15 is 0 Å². The third kappa shape index (κ3) is 2.41. The molecule has 1 heterocycles. The number of methoxy groups -OCH3 is 1. The molecule has 1 aromatic carbocycles. The summed E-state index contributed by atoms with van der Waals surface area (Å²) in [7, 11) is 1.61. The van der Waals surface area contributed by atoms with Crippen molar-refractivity contribution in [2.24, 2.45) is 0 Å². The number of benzene rings is 1. The van der Waals surface area contributed by atoms with E-state index in [-0.39, 0.29) is 6.10 Å². The van der Waals surface area contributed by atoms with Gasteiger partial charge in [-0.15, -0.1) is 11.8 Å². The Kier molecular flexibility index (Phi) is 3.24. The average molecular weight is 240 g/mol. The molecule has 0 saturated carbocycles. The van der Waals surface area contributed by atoms with E-state index in [1.165, 1.54) is 4.90 Å². The Bertz CT molecular complexity index is 405. The van der Waals surface area contributed by atoms with Crippen LogP contribution in [0.15, 0.2) is 23.1 Å². The van der Waals surface area contributed by atoms with Crippen LogP contribution in [0.2, 0.25) is 0 Å². The number of hydrogen-bond acceptors (Lipinski definition) is 4. The predicted molar refractivity (Wildman–Crippen MR) is 60.3 cm³/mol. The molecule has 0 aromatic heterocycles. The van der Waals surface area contributed by atoms with E-state index in [4.69, 9.17) is 14.6 Å². The minimum atomic E-state index is -1.21. The molecule has 0 aliphatic carbocycles. The van der Waals surface area contributed by atoms with E-state index in [0.29, 0.717) is 12.2 Å². The Balaban J connectivity index is 2.14. The van der Waals surface area contributed by atoms with E-state index in [9.17, 15) is 4.79 Å². The lowest BCUT2D eigenvalue weighted by Gasteiger charge is -2.23. The number of carbonyl (C=O) groups is 1. The van der Waals surface area contributed by atoms with Gasteiger partial charge in [-0.25, -0.2) is 4.79 Å². The molecule has 0 amide bonds. The smallest absolute Gasteiger partial charge is 0.497 e. The number of carboxylic acid groups (broad SMARTS) is 1. The summed E-state index contributed by atoms with van der Waals surface area (Å²) in [6, 6.07) is 5.83. The first kappa shape index (κ1) is 11.1. The molecule has 0 radical (unpaired) electrons. The molecule has 0 bridgehead atoms. The topological polar surface area (TPSA) is 55.8 Å². The van der Waals surface area contributed by atoms with Crippen LogP contribution in [0.5, 0.6) is 5.75 Å². The molecular formula is C11H12O4S. The molecule has 0 saturated heterocycles. The first-order valence-electron chi connectivity index (χ1n) is 4.88. The van der Waals surface area contributed by atoms with Crippen LogP contribution in [-0.2, 0) is 11.2 Å². The van der Waals surface area contributed by atoms with Crippen molar-refractivity contribution in [3.05, 3.63) is 23.8 Å². The fourth-order valence-electron chi connectivity index (χ4n) is 1.69. The number of hydrogen-bond donors (Lipinski definition) is 1. The van der Waals surface area contributed by atoms with Gasteiger partial charge in [0, 0.05) is 17.1 Å². The van der Waals surface area contributed by atoms with Gasteiger partial charge < -0.3 is 14.6 Å². The van der Waals surface area contributed by atoms with Gasteiger partial charge in [-0.2, -0.15) is 0 Å². The normalized spacial score (nSPS) is 18.7. The number of rotatable bonds is 2. The maximum absolute atomic E-state index is 10.4. The van der Waals surface area contributed by atoms with E-state index in [0.717, 1.165) is 11.3 Å².